The van der Waals surface area contributed by atoms with Crippen molar-refractivity contribution in [2.24, 2.45) is 10.9 Å². The molecule has 0 heterocycles. The Hall–Kier alpha value is -1.57. The van der Waals surface area contributed by atoms with Gasteiger partial charge in [-0.15, -0.1) is 6.58 Å². The first-order valence-electron chi connectivity index (χ1n) is 7.19. The van der Waals surface area contributed by atoms with Crippen LogP contribution in [0.3, 0.4) is 0 Å². The number of hydrogen-bond donors (Lipinski definition) is 0. The molecule has 1 fully saturated rings. The van der Waals surface area contributed by atoms with E-state index in [4.69, 9.17) is 9.73 Å². The molecule has 0 saturated heterocycles. The summed E-state index contributed by atoms with van der Waals surface area (Å²) in [6.45, 7) is 6.62. The van der Waals surface area contributed by atoms with Crippen LogP contribution < -0.4 is 0 Å². The van der Waals surface area contributed by atoms with E-state index >= 15 is 0 Å². The Morgan fingerprint density at radius 1 is 1.37 bits per heavy atom. The normalized spacial score (nSPS) is 23.3. The number of benzene rings is 1. The Kier molecular flexibility index (Phi) is 5.20. The van der Waals surface area contributed by atoms with Crippen molar-refractivity contribution in [1.29, 1.82) is 0 Å². The summed E-state index contributed by atoms with van der Waals surface area (Å²) < 4.78 is 5.85. The van der Waals surface area contributed by atoms with Gasteiger partial charge in [0.25, 0.3) is 0 Å². The second kappa shape index (κ2) is 7.13. The van der Waals surface area contributed by atoms with Crippen LogP contribution in [0.25, 0.3) is 0 Å². The molecule has 1 aromatic carbocycles. The molecule has 0 spiro atoms. The van der Waals surface area contributed by atoms with Crippen molar-refractivity contribution in [3.8, 4) is 0 Å². The van der Waals surface area contributed by atoms with Gasteiger partial charge in [0.15, 0.2) is 5.90 Å². The Balaban J connectivity index is 1.94. The second-order valence-electron chi connectivity index (χ2n) is 5.05. The first-order valence-corrected chi connectivity index (χ1v) is 7.19. The average molecular weight is 257 g/mol. The highest BCUT2D eigenvalue weighted by Gasteiger charge is 2.24. The van der Waals surface area contributed by atoms with E-state index in [9.17, 15) is 0 Å². The summed E-state index contributed by atoms with van der Waals surface area (Å²) in [5, 5.41) is 0. The SMILES string of the molecule is C=CC1CCCC1N=C(CC)OCc1ccccc1. The van der Waals surface area contributed by atoms with Gasteiger partial charge in [-0.2, -0.15) is 0 Å². The van der Waals surface area contributed by atoms with Gasteiger partial charge in [-0.25, -0.2) is 0 Å². The average Bonchev–Trinajstić information content (AvgIpc) is 2.91. The molecule has 1 aliphatic carbocycles. The van der Waals surface area contributed by atoms with Gasteiger partial charge in [0, 0.05) is 6.42 Å². The quantitative estimate of drug-likeness (QED) is 0.436. The second-order valence-corrected chi connectivity index (χ2v) is 5.05. The fraction of sp³-hybridized carbons (Fsp3) is 0.471. The molecule has 2 atom stereocenters. The fourth-order valence-electron chi connectivity index (χ4n) is 2.56. The van der Waals surface area contributed by atoms with E-state index in [0.29, 0.717) is 18.6 Å². The smallest absolute Gasteiger partial charge is 0.183 e. The minimum Gasteiger partial charge on any atom is -0.476 e. The third kappa shape index (κ3) is 3.95. The highest BCUT2D eigenvalue weighted by Crippen LogP contribution is 2.29. The maximum Gasteiger partial charge on any atom is 0.183 e. The summed E-state index contributed by atoms with van der Waals surface area (Å²) in [6.07, 6.45) is 6.53. The van der Waals surface area contributed by atoms with Crippen LogP contribution >= 0.6 is 0 Å². The van der Waals surface area contributed by atoms with Gasteiger partial charge in [0.1, 0.15) is 6.61 Å². The number of rotatable bonds is 5. The zero-order chi connectivity index (χ0) is 13.5. The van der Waals surface area contributed by atoms with Gasteiger partial charge < -0.3 is 4.74 Å². The van der Waals surface area contributed by atoms with Crippen molar-refractivity contribution < 1.29 is 4.74 Å². The molecule has 1 aromatic rings. The van der Waals surface area contributed by atoms with E-state index < -0.39 is 0 Å². The summed E-state index contributed by atoms with van der Waals surface area (Å²) in [5.41, 5.74) is 1.19. The monoisotopic (exact) mass is 257 g/mol. The van der Waals surface area contributed by atoms with Crippen molar-refractivity contribution in [1.82, 2.24) is 0 Å². The van der Waals surface area contributed by atoms with E-state index in [-0.39, 0.29) is 0 Å². The molecule has 0 radical (unpaired) electrons. The van der Waals surface area contributed by atoms with E-state index in [1.807, 2.05) is 24.3 Å². The highest BCUT2D eigenvalue weighted by atomic mass is 16.5. The van der Waals surface area contributed by atoms with Gasteiger partial charge >= 0.3 is 0 Å². The van der Waals surface area contributed by atoms with Crippen molar-refractivity contribution in [2.45, 2.75) is 45.3 Å². The first-order chi connectivity index (χ1) is 9.33. The van der Waals surface area contributed by atoms with Crippen molar-refractivity contribution in [3.63, 3.8) is 0 Å². The molecule has 0 amide bonds. The predicted octanol–water partition coefficient (Wildman–Crippen LogP) is 4.37. The third-order valence-corrected chi connectivity index (χ3v) is 3.69. The van der Waals surface area contributed by atoms with Crippen molar-refractivity contribution in [2.75, 3.05) is 0 Å². The van der Waals surface area contributed by atoms with Crippen LogP contribution in [0.4, 0.5) is 0 Å². The highest BCUT2D eigenvalue weighted by molar-refractivity contribution is 5.76. The van der Waals surface area contributed by atoms with Crippen LogP contribution in [0.15, 0.2) is 48.0 Å². The van der Waals surface area contributed by atoms with Gasteiger partial charge in [-0.05, 0) is 24.3 Å². The van der Waals surface area contributed by atoms with Gasteiger partial charge in [-0.1, -0.05) is 49.8 Å². The number of ether oxygens (including phenoxy) is 1. The fourth-order valence-corrected chi connectivity index (χ4v) is 2.56. The molecule has 0 aliphatic heterocycles. The van der Waals surface area contributed by atoms with Crippen LogP contribution in [0, 0.1) is 5.92 Å². The number of hydrogen-bond acceptors (Lipinski definition) is 2. The Bertz CT molecular complexity index is 424. The van der Waals surface area contributed by atoms with E-state index in [0.717, 1.165) is 18.7 Å². The molecule has 102 valence electrons. The minimum atomic E-state index is 0.378. The largest absolute Gasteiger partial charge is 0.476 e. The maximum atomic E-state index is 5.85. The van der Waals surface area contributed by atoms with Gasteiger partial charge in [-0.3, -0.25) is 4.99 Å². The Morgan fingerprint density at radius 3 is 2.84 bits per heavy atom. The summed E-state index contributed by atoms with van der Waals surface area (Å²) in [6, 6.07) is 10.6. The molecule has 2 nitrogen and oxygen atoms in total. The zero-order valence-electron chi connectivity index (χ0n) is 11.7. The zero-order valence-corrected chi connectivity index (χ0v) is 11.7. The lowest BCUT2D eigenvalue weighted by Crippen LogP contribution is -2.14. The van der Waals surface area contributed by atoms with Crippen LogP contribution in [0.5, 0.6) is 0 Å². The van der Waals surface area contributed by atoms with Crippen LogP contribution in [-0.4, -0.2) is 11.9 Å². The molecule has 0 bridgehead atoms. The maximum absolute atomic E-state index is 5.85. The van der Waals surface area contributed by atoms with E-state index in [1.165, 1.54) is 18.4 Å². The molecule has 2 unspecified atom stereocenters. The summed E-state index contributed by atoms with van der Waals surface area (Å²) in [7, 11) is 0. The van der Waals surface area contributed by atoms with Crippen LogP contribution in [0.1, 0.15) is 38.2 Å². The topological polar surface area (TPSA) is 21.6 Å². The summed E-state index contributed by atoms with van der Waals surface area (Å²) in [4.78, 5) is 4.78. The Labute approximate surface area is 116 Å². The minimum absolute atomic E-state index is 0.378. The van der Waals surface area contributed by atoms with E-state index in [1.54, 1.807) is 0 Å². The lowest BCUT2D eigenvalue weighted by atomic mass is 10.1. The van der Waals surface area contributed by atoms with Gasteiger partial charge in [0.05, 0.1) is 6.04 Å². The molecular formula is C17H23NO. The molecule has 19 heavy (non-hydrogen) atoms. The van der Waals surface area contributed by atoms with Crippen molar-refractivity contribution in [3.05, 3.63) is 48.6 Å². The summed E-state index contributed by atoms with van der Waals surface area (Å²) in [5.74, 6) is 1.41. The first kappa shape index (κ1) is 13.9. The Morgan fingerprint density at radius 2 is 2.16 bits per heavy atom. The predicted molar refractivity (Wildman–Crippen MR) is 80.3 cm³/mol. The molecule has 2 heteroatoms. The lowest BCUT2D eigenvalue weighted by molar-refractivity contribution is 0.280. The van der Waals surface area contributed by atoms with Crippen LogP contribution in [-0.2, 0) is 11.3 Å². The van der Waals surface area contributed by atoms with Gasteiger partial charge in [0.2, 0.25) is 0 Å². The molecule has 1 aliphatic rings. The van der Waals surface area contributed by atoms with E-state index in [2.05, 4.69) is 25.6 Å². The molecule has 0 N–H and O–H groups in total. The lowest BCUT2D eigenvalue weighted by Gasteiger charge is -2.14. The molecule has 1 saturated carbocycles. The molecule has 2 rings (SSSR count). The third-order valence-electron chi connectivity index (χ3n) is 3.69. The standard InChI is InChI=1S/C17H23NO/c1-3-15-11-8-12-16(15)18-17(4-2)19-13-14-9-6-5-7-10-14/h3,5-7,9-10,15-16H,1,4,8,11-13H2,2H3. The molecular weight excluding hydrogens is 234 g/mol. The summed E-state index contributed by atoms with van der Waals surface area (Å²) >= 11 is 0. The van der Waals surface area contributed by atoms with Crippen molar-refractivity contribution >= 4 is 5.90 Å². The van der Waals surface area contributed by atoms with Crippen LogP contribution in [0.2, 0.25) is 0 Å². The molecule has 0 aromatic heterocycles. The number of nitrogens with zero attached hydrogens (tertiary/aromatic N) is 1. The number of aliphatic imine (C=N–C) groups is 1.